The second-order valence-corrected chi connectivity index (χ2v) is 6.08. The number of primary amides is 1. The molecule has 3 rings (SSSR count). The van der Waals surface area contributed by atoms with E-state index < -0.39 is 5.91 Å². The van der Waals surface area contributed by atoms with Crippen molar-refractivity contribution < 1.29 is 4.79 Å². The lowest BCUT2D eigenvalue weighted by molar-refractivity contribution is 0.100. The quantitative estimate of drug-likeness (QED) is 0.851. The summed E-state index contributed by atoms with van der Waals surface area (Å²) in [6.07, 6.45) is 3.71. The highest BCUT2D eigenvalue weighted by Gasteiger charge is 2.21. The minimum Gasteiger partial charge on any atom is -0.365 e. The van der Waals surface area contributed by atoms with Gasteiger partial charge in [-0.15, -0.1) is 48.6 Å². The largest absolute Gasteiger partial charge is 0.365 e. The molecule has 0 aliphatic carbocycles. The smallest absolute Gasteiger partial charge is 0.258 e. The molecule has 0 saturated heterocycles. The van der Waals surface area contributed by atoms with Crippen molar-refractivity contribution in [3.8, 4) is 0 Å². The Bertz CT molecular complexity index is 625. The van der Waals surface area contributed by atoms with Crippen LogP contribution in [0.25, 0.3) is 0 Å². The summed E-state index contributed by atoms with van der Waals surface area (Å²) in [5, 5.41) is 0.618. The molecule has 9 heteroatoms. The maximum atomic E-state index is 11.1. The number of thiophene rings is 1. The number of carbonyl (C=O) groups is 1. The minimum absolute atomic E-state index is 0. The molecule has 0 bridgehead atoms. The van der Waals surface area contributed by atoms with E-state index in [4.69, 9.17) is 17.3 Å². The van der Waals surface area contributed by atoms with Gasteiger partial charge in [0.05, 0.1) is 9.90 Å². The van der Waals surface area contributed by atoms with Gasteiger partial charge in [-0.2, -0.15) is 0 Å². The first-order valence-corrected chi connectivity index (χ1v) is 7.05. The van der Waals surface area contributed by atoms with Crippen LogP contribution < -0.4 is 5.73 Å². The number of amides is 1. The van der Waals surface area contributed by atoms with Gasteiger partial charge in [0, 0.05) is 36.9 Å². The van der Waals surface area contributed by atoms with Crippen LogP contribution in [-0.4, -0.2) is 15.8 Å². The van der Waals surface area contributed by atoms with Gasteiger partial charge in [-0.3, -0.25) is 14.7 Å². The fraction of sp³-hybridized carbons (Fsp3) is 0.231. The number of nitrogens with zero attached hydrogens (tertiary/aromatic N) is 2. The lowest BCUT2D eigenvalue weighted by Crippen LogP contribution is -2.15. The second-order valence-electron chi connectivity index (χ2n) is 4.54. The third-order valence-electron chi connectivity index (χ3n) is 3.16. The van der Waals surface area contributed by atoms with Gasteiger partial charge in [0.1, 0.15) is 0 Å². The zero-order valence-corrected chi connectivity index (χ0v) is 15.3. The number of rotatable bonds is 3. The van der Waals surface area contributed by atoms with Crippen molar-refractivity contribution in [3.05, 3.63) is 50.4 Å². The third-order valence-corrected chi connectivity index (χ3v) is 4.74. The first-order chi connectivity index (χ1) is 9.13. The molecule has 0 unspecified atom stereocenters. The normalized spacial score (nSPS) is 12.6. The van der Waals surface area contributed by atoms with E-state index >= 15 is 0 Å². The Kier molecular flexibility index (Phi) is 8.69. The Morgan fingerprint density at radius 3 is 2.59 bits per heavy atom. The van der Waals surface area contributed by atoms with E-state index in [1.54, 1.807) is 6.07 Å². The lowest BCUT2D eigenvalue weighted by atomic mass is 10.2. The molecule has 1 aliphatic heterocycles. The molecule has 122 valence electrons. The molecule has 0 saturated carbocycles. The summed E-state index contributed by atoms with van der Waals surface area (Å²) in [5.41, 5.74) is 7.82. The van der Waals surface area contributed by atoms with Crippen molar-refractivity contribution in [2.75, 3.05) is 0 Å². The third kappa shape index (κ3) is 4.47. The zero-order chi connectivity index (χ0) is 13.4. The zero-order valence-electron chi connectivity index (χ0n) is 11.3. The van der Waals surface area contributed by atoms with Gasteiger partial charge < -0.3 is 5.73 Å². The number of nitrogens with two attached hydrogens (primary N) is 1. The van der Waals surface area contributed by atoms with Gasteiger partial charge in [-0.05, 0) is 23.3 Å². The monoisotopic (exact) mass is 401 g/mol. The minimum atomic E-state index is -0.424. The van der Waals surface area contributed by atoms with Crippen LogP contribution in [0.5, 0.6) is 0 Å². The maximum absolute atomic E-state index is 11.1. The van der Waals surface area contributed by atoms with Gasteiger partial charge >= 0.3 is 0 Å². The first-order valence-electron chi connectivity index (χ1n) is 5.85. The Morgan fingerprint density at radius 1 is 1.32 bits per heavy atom. The van der Waals surface area contributed by atoms with Crippen LogP contribution in [0.2, 0.25) is 5.02 Å². The number of hydrogen-bond acceptors (Lipinski definition) is 4. The summed E-state index contributed by atoms with van der Waals surface area (Å²) >= 11 is 7.51. The van der Waals surface area contributed by atoms with Gasteiger partial charge in [0.2, 0.25) is 0 Å². The molecule has 1 amide bonds. The topological polar surface area (TPSA) is 59.2 Å². The highest BCUT2D eigenvalue weighted by atomic mass is 35.5. The van der Waals surface area contributed by atoms with E-state index in [-0.39, 0.29) is 37.2 Å². The average molecular weight is 403 g/mol. The van der Waals surface area contributed by atoms with Crippen LogP contribution >= 0.6 is 60.2 Å². The fourth-order valence-corrected chi connectivity index (χ4v) is 3.54. The summed E-state index contributed by atoms with van der Waals surface area (Å²) in [6, 6.07) is 3.69. The Morgan fingerprint density at radius 2 is 2.00 bits per heavy atom. The molecule has 0 aromatic carbocycles. The standard InChI is InChI=1S/C13H12ClN3OS.3ClH/c14-10-3-11(13(15)18)19-12(10)7-17-5-8-1-2-16-4-9(8)6-17;;;/h1-4H,5-7H2,(H2,15,18);3*1H. The molecule has 22 heavy (non-hydrogen) atoms. The van der Waals surface area contributed by atoms with Crippen LogP contribution in [0.3, 0.4) is 0 Å². The fourth-order valence-electron chi connectivity index (χ4n) is 2.24. The van der Waals surface area contributed by atoms with Crippen molar-refractivity contribution in [3.63, 3.8) is 0 Å². The average Bonchev–Trinajstić information content (AvgIpc) is 2.93. The van der Waals surface area contributed by atoms with Gasteiger partial charge in [-0.1, -0.05) is 11.6 Å². The summed E-state index contributed by atoms with van der Waals surface area (Å²) in [6.45, 7) is 2.48. The molecule has 0 atom stereocenters. The summed E-state index contributed by atoms with van der Waals surface area (Å²) in [5.74, 6) is -0.424. The highest BCUT2D eigenvalue weighted by Crippen LogP contribution is 2.31. The van der Waals surface area contributed by atoms with Gasteiger partial charge in [-0.25, -0.2) is 0 Å². The molecule has 0 spiro atoms. The molecule has 1 aliphatic rings. The number of hydrogen-bond donors (Lipinski definition) is 1. The maximum Gasteiger partial charge on any atom is 0.258 e. The molecule has 2 aromatic rings. The summed E-state index contributed by atoms with van der Waals surface area (Å²) in [4.78, 5) is 19.0. The van der Waals surface area contributed by atoms with E-state index in [0.717, 1.165) is 24.5 Å². The molecule has 0 radical (unpaired) electrons. The molecule has 4 nitrogen and oxygen atoms in total. The predicted molar refractivity (Wildman–Crippen MR) is 96.8 cm³/mol. The van der Waals surface area contributed by atoms with Crippen LogP contribution in [0.1, 0.15) is 25.7 Å². The van der Waals surface area contributed by atoms with Crippen LogP contribution in [0, 0.1) is 0 Å². The predicted octanol–water partition coefficient (Wildman–Crippen LogP) is 3.68. The van der Waals surface area contributed by atoms with E-state index in [1.165, 1.54) is 22.5 Å². The summed E-state index contributed by atoms with van der Waals surface area (Å²) < 4.78 is 0. The SMILES string of the molecule is Cl.Cl.Cl.NC(=O)c1cc(Cl)c(CN2Cc3ccncc3C2)s1. The summed E-state index contributed by atoms with van der Waals surface area (Å²) in [7, 11) is 0. The Balaban J connectivity index is 0.00000147. The lowest BCUT2D eigenvalue weighted by Gasteiger charge is -2.13. The molecule has 3 heterocycles. The van der Waals surface area contributed by atoms with Gasteiger partial charge in [0.15, 0.2) is 0 Å². The van der Waals surface area contributed by atoms with Crippen molar-refractivity contribution in [1.82, 2.24) is 9.88 Å². The Labute approximate surface area is 156 Å². The van der Waals surface area contributed by atoms with Crippen molar-refractivity contribution in [2.45, 2.75) is 19.6 Å². The number of pyridine rings is 1. The first kappa shape index (κ1) is 21.4. The molecular weight excluding hydrogens is 388 g/mol. The highest BCUT2D eigenvalue weighted by molar-refractivity contribution is 7.14. The van der Waals surface area contributed by atoms with Gasteiger partial charge in [0.25, 0.3) is 5.91 Å². The molecular formula is C13H15Cl4N3OS. The molecule has 2 aromatic heterocycles. The van der Waals surface area contributed by atoms with E-state index in [1.807, 2.05) is 18.5 Å². The van der Waals surface area contributed by atoms with Crippen molar-refractivity contribution >= 4 is 66.1 Å². The van der Waals surface area contributed by atoms with Crippen LogP contribution in [0.15, 0.2) is 24.5 Å². The number of halogens is 4. The number of fused-ring (bicyclic) bond motifs is 1. The number of carbonyl (C=O) groups excluding carboxylic acids is 1. The van der Waals surface area contributed by atoms with E-state index in [9.17, 15) is 4.79 Å². The van der Waals surface area contributed by atoms with Crippen molar-refractivity contribution in [2.24, 2.45) is 5.73 Å². The number of aromatic nitrogens is 1. The van der Waals surface area contributed by atoms with Crippen LogP contribution in [0.4, 0.5) is 0 Å². The van der Waals surface area contributed by atoms with E-state index in [0.29, 0.717) is 9.90 Å². The Hall–Kier alpha value is -0.560. The van der Waals surface area contributed by atoms with Crippen molar-refractivity contribution in [1.29, 1.82) is 0 Å². The molecule has 0 fully saturated rings. The van der Waals surface area contributed by atoms with Crippen LogP contribution in [-0.2, 0) is 19.6 Å². The second kappa shape index (κ2) is 8.91. The van der Waals surface area contributed by atoms with E-state index in [2.05, 4.69) is 9.88 Å². The molecule has 2 N–H and O–H groups in total.